The third-order valence-electron chi connectivity index (χ3n) is 3.04. The van der Waals surface area contributed by atoms with Gasteiger partial charge in [-0.05, 0) is 17.7 Å². The van der Waals surface area contributed by atoms with Crippen molar-refractivity contribution in [3.05, 3.63) is 34.3 Å². The first kappa shape index (κ1) is 12.8. The second kappa shape index (κ2) is 5.31. The fourth-order valence-electron chi connectivity index (χ4n) is 2.12. The summed E-state index contributed by atoms with van der Waals surface area (Å²) in [5, 5.41) is 0. The van der Waals surface area contributed by atoms with Gasteiger partial charge in [0.15, 0.2) is 0 Å². The van der Waals surface area contributed by atoms with E-state index in [1.165, 1.54) is 0 Å². The Hall–Kier alpha value is -0.680. The summed E-state index contributed by atoms with van der Waals surface area (Å²) in [6.07, 6.45) is 0. The molecule has 0 N–H and O–H groups in total. The molecular weight excluding hydrogens is 300 g/mol. The highest BCUT2D eigenvalue weighted by Crippen LogP contribution is 2.29. The number of halogens is 1. The number of carbonyl (C=O) groups excluding carboxylic acids is 1. The highest BCUT2D eigenvalue weighted by molar-refractivity contribution is 9.10. The Kier molecular flexibility index (Phi) is 3.99. The molecule has 1 fully saturated rings. The normalized spacial score (nSPS) is 20.2. The van der Waals surface area contributed by atoms with E-state index in [4.69, 9.17) is 0 Å². The van der Waals surface area contributed by atoms with Crippen LogP contribution in [0.3, 0.4) is 0 Å². The molecule has 1 aliphatic rings. The Morgan fingerprint density at radius 1 is 1.53 bits per heavy atom. The van der Waals surface area contributed by atoms with Crippen LogP contribution in [0.15, 0.2) is 28.7 Å². The van der Waals surface area contributed by atoms with Crippen LogP contribution in [0.4, 0.5) is 4.79 Å². The quantitative estimate of drug-likeness (QED) is 0.852. The molecule has 1 aromatic carbocycles. The van der Waals surface area contributed by atoms with E-state index in [0.29, 0.717) is 12.3 Å². The van der Waals surface area contributed by atoms with Crippen molar-refractivity contribution in [2.24, 2.45) is 0 Å². The average molecular weight is 315 g/mol. The molecule has 1 aromatic rings. The maximum atomic E-state index is 12.0. The molecule has 0 bridgehead atoms. The third kappa shape index (κ3) is 2.60. The fourth-order valence-corrected chi connectivity index (χ4v) is 2.77. The summed E-state index contributed by atoms with van der Waals surface area (Å²) in [6, 6.07) is 8.34. The molecule has 0 aromatic heterocycles. The van der Waals surface area contributed by atoms with Gasteiger partial charge in [0.25, 0.3) is 0 Å². The van der Waals surface area contributed by atoms with E-state index in [0.717, 1.165) is 16.6 Å². The van der Waals surface area contributed by atoms with Gasteiger partial charge in [-0.3, -0.25) is 0 Å². The van der Waals surface area contributed by atoms with Crippen LogP contribution in [0.1, 0.15) is 11.6 Å². The van der Waals surface area contributed by atoms with E-state index in [9.17, 15) is 4.79 Å². The summed E-state index contributed by atoms with van der Waals surface area (Å²) >= 11 is 7.64. The maximum Gasteiger partial charge on any atom is 0.320 e. The SMILES string of the molecule is CN1C(=O)N(CCS)CC1c1cccc(Br)c1. The summed E-state index contributed by atoms with van der Waals surface area (Å²) in [5.74, 6) is 0.699. The lowest BCUT2D eigenvalue weighted by molar-refractivity contribution is 0.197. The zero-order chi connectivity index (χ0) is 12.4. The molecule has 0 radical (unpaired) electrons. The Labute approximate surface area is 115 Å². The smallest absolute Gasteiger partial charge is 0.320 e. The number of hydrogen-bond acceptors (Lipinski definition) is 2. The summed E-state index contributed by atoms with van der Waals surface area (Å²) in [4.78, 5) is 15.6. The van der Waals surface area contributed by atoms with Crippen molar-refractivity contribution in [1.29, 1.82) is 0 Å². The van der Waals surface area contributed by atoms with E-state index >= 15 is 0 Å². The Balaban J connectivity index is 2.20. The van der Waals surface area contributed by atoms with Crippen LogP contribution in [0.2, 0.25) is 0 Å². The van der Waals surface area contributed by atoms with Crippen molar-refractivity contribution in [1.82, 2.24) is 9.80 Å². The molecule has 2 amide bonds. The minimum absolute atomic E-state index is 0.0871. The van der Waals surface area contributed by atoms with Crippen molar-refractivity contribution in [2.75, 3.05) is 25.9 Å². The predicted molar refractivity (Wildman–Crippen MR) is 75.5 cm³/mol. The molecule has 0 aliphatic carbocycles. The lowest BCUT2D eigenvalue weighted by Gasteiger charge is -2.18. The van der Waals surface area contributed by atoms with Gasteiger partial charge in [-0.25, -0.2) is 4.79 Å². The van der Waals surface area contributed by atoms with Crippen LogP contribution in [0, 0.1) is 0 Å². The van der Waals surface area contributed by atoms with Gasteiger partial charge in [-0.15, -0.1) is 0 Å². The molecule has 2 rings (SSSR count). The lowest BCUT2D eigenvalue weighted by Crippen LogP contribution is -2.30. The number of benzene rings is 1. The maximum absolute atomic E-state index is 12.0. The molecular formula is C12H15BrN2OS. The number of urea groups is 1. The van der Waals surface area contributed by atoms with Gasteiger partial charge in [-0.2, -0.15) is 12.6 Å². The molecule has 5 heteroatoms. The van der Waals surface area contributed by atoms with Gasteiger partial charge in [0.05, 0.1) is 6.04 Å². The second-order valence-electron chi connectivity index (χ2n) is 4.13. The first-order valence-electron chi connectivity index (χ1n) is 5.51. The van der Waals surface area contributed by atoms with Gasteiger partial charge in [0.2, 0.25) is 0 Å². The van der Waals surface area contributed by atoms with Crippen molar-refractivity contribution in [3.63, 3.8) is 0 Å². The van der Waals surface area contributed by atoms with Crippen LogP contribution in [0.25, 0.3) is 0 Å². The first-order valence-corrected chi connectivity index (χ1v) is 6.94. The van der Waals surface area contributed by atoms with E-state index in [1.54, 1.807) is 4.90 Å². The number of rotatable bonds is 3. The average Bonchev–Trinajstić information content (AvgIpc) is 2.58. The third-order valence-corrected chi connectivity index (χ3v) is 3.73. The van der Waals surface area contributed by atoms with Gasteiger partial charge in [-0.1, -0.05) is 28.1 Å². The van der Waals surface area contributed by atoms with Crippen LogP contribution < -0.4 is 0 Å². The Morgan fingerprint density at radius 3 is 2.94 bits per heavy atom. The number of amides is 2. The molecule has 1 heterocycles. The second-order valence-corrected chi connectivity index (χ2v) is 5.50. The summed E-state index contributed by atoms with van der Waals surface area (Å²) in [7, 11) is 1.85. The molecule has 1 saturated heterocycles. The van der Waals surface area contributed by atoms with Crippen LogP contribution >= 0.6 is 28.6 Å². The fraction of sp³-hybridized carbons (Fsp3) is 0.417. The standard InChI is InChI=1S/C12H15BrN2OS/c1-14-11(8-15(5-6-17)12(14)16)9-3-2-4-10(13)7-9/h2-4,7,11,17H,5-6,8H2,1H3. The number of likely N-dealkylation sites (N-methyl/N-ethyl adjacent to an activating group) is 1. The molecule has 1 unspecified atom stereocenters. The monoisotopic (exact) mass is 314 g/mol. The van der Waals surface area contributed by atoms with Crippen LogP contribution in [-0.2, 0) is 0 Å². The zero-order valence-electron chi connectivity index (χ0n) is 9.64. The molecule has 1 atom stereocenters. The van der Waals surface area contributed by atoms with E-state index in [2.05, 4.69) is 40.7 Å². The summed E-state index contributed by atoms with van der Waals surface area (Å²) < 4.78 is 1.04. The molecule has 0 saturated carbocycles. The Bertz CT molecular complexity index is 427. The highest BCUT2D eigenvalue weighted by Gasteiger charge is 2.34. The molecule has 1 aliphatic heterocycles. The molecule has 17 heavy (non-hydrogen) atoms. The van der Waals surface area contributed by atoms with E-state index in [-0.39, 0.29) is 12.1 Å². The van der Waals surface area contributed by atoms with Gasteiger partial charge >= 0.3 is 6.03 Å². The minimum Gasteiger partial charge on any atom is -0.321 e. The van der Waals surface area contributed by atoms with E-state index < -0.39 is 0 Å². The Morgan fingerprint density at radius 2 is 2.29 bits per heavy atom. The summed E-state index contributed by atoms with van der Waals surface area (Å²) in [6.45, 7) is 1.45. The van der Waals surface area contributed by atoms with Crippen molar-refractivity contribution < 1.29 is 4.79 Å². The van der Waals surface area contributed by atoms with Crippen LogP contribution in [-0.4, -0.2) is 41.7 Å². The largest absolute Gasteiger partial charge is 0.321 e. The number of nitrogens with zero attached hydrogens (tertiary/aromatic N) is 2. The summed E-state index contributed by atoms with van der Waals surface area (Å²) in [5.41, 5.74) is 1.16. The molecule has 0 spiro atoms. The van der Waals surface area contributed by atoms with Crippen molar-refractivity contribution in [3.8, 4) is 0 Å². The number of carbonyl (C=O) groups is 1. The van der Waals surface area contributed by atoms with Crippen LogP contribution in [0.5, 0.6) is 0 Å². The molecule has 3 nitrogen and oxygen atoms in total. The van der Waals surface area contributed by atoms with E-state index in [1.807, 2.05) is 24.1 Å². The number of thiol groups is 1. The molecule has 92 valence electrons. The van der Waals surface area contributed by atoms with Crippen molar-refractivity contribution >= 4 is 34.6 Å². The topological polar surface area (TPSA) is 23.6 Å². The predicted octanol–water partition coefficient (Wildman–Crippen LogP) is 2.79. The van der Waals surface area contributed by atoms with Gasteiger partial charge < -0.3 is 9.80 Å². The zero-order valence-corrected chi connectivity index (χ0v) is 12.1. The highest BCUT2D eigenvalue weighted by atomic mass is 79.9. The minimum atomic E-state index is 0.0871. The van der Waals surface area contributed by atoms with Crippen molar-refractivity contribution in [2.45, 2.75) is 6.04 Å². The van der Waals surface area contributed by atoms with Gasteiger partial charge in [0.1, 0.15) is 0 Å². The lowest BCUT2D eigenvalue weighted by atomic mass is 10.1. The first-order chi connectivity index (χ1) is 8.13. The number of hydrogen-bond donors (Lipinski definition) is 1. The van der Waals surface area contributed by atoms with Gasteiger partial charge in [0, 0.05) is 30.4 Å².